The van der Waals surface area contributed by atoms with Crippen LogP contribution < -0.4 is 0 Å². The molecule has 0 saturated carbocycles. The first-order valence-corrected chi connectivity index (χ1v) is 6.38. The highest BCUT2D eigenvalue weighted by Gasteiger charge is 2.15. The zero-order chi connectivity index (χ0) is 13.8. The molecule has 0 fully saturated rings. The lowest BCUT2D eigenvalue weighted by Gasteiger charge is -2.05. The SMILES string of the molecule is C#CCc1ccc(-c2ccc(Br)cc2)c([N+](=O)[O-])c1. The summed E-state index contributed by atoms with van der Waals surface area (Å²) in [5.74, 6) is 2.49. The van der Waals surface area contributed by atoms with Gasteiger partial charge in [-0.2, -0.15) is 0 Å². The average molecular weight is 316 g/mol. The molecule has 0 heterocycles. The zero-order valence-electron chi connectivity index (χ0n) is 9.97. The summed E-state index contributed by atoms with van der Waals surface area (Å²) < 4.78 is 0.933. The van der Waals surface area contributed by atoms with E-state index in [-0.39, 0.29) is 10.6 Å². The number of halogens is 1. The van der Waals surface area contributed by atoms with Gasteiger partial charge in [0, 0.05) is 17.0 Å². The quantitative estimate of drug-likeness (QED) is 0.484. The number of hydrogen-bond donors (Lipinski definition) is 0. The first-order chi connectivity index (χ1) is 9.11. The predicted octanol–water partition coefficient (Wildman–Crippen LogP) is 4.20. The van der Waals surface area contributed by atoms with Crippen molar-refractivity contribution in [2.75, 3.05) is 0 Å². The Kier molecular flexibility index (Phi) is 3.98. The van der Waals surface area contributed by atoms with E-state index < -0.39 is 0 Å². The molecule has 19 heavy (non-hydrogen) atoms. The molecule has 0 saturated heterocycles. The first-order valence-electron chi connectivity index (χ1n) is 5.58. The van der Waals surface area contributed by atoms with Crippen LogP contribution in [0.3, 0.4) is 0 Å². The molecule has 2 aromatic carbocycles. The minimum absolute atomic E-state index is 0.0788. The van der Waals surface area contributed by atoms with Gasteiger partial charge in [-0.3, -0.25) is 10.1 Å². The summed E-state index contributed by atoms with van der Waals surface area (Å²) in [6, 6.07) is 12.5. The maximum atomic E-state index is 11.2. The molecule has 2 aromatic rings. The summed E-state index contributed by atoms with van der Waals surface area (Å²) >= 11 is 3.34. The van der Waals surface area contributed by atoms with Gasteiger partial charge in [-0.05, 0) is 29.3 Å². The molecule has 94 valence electrons. The Hall–Kier alpha value is -2.12. The molecular weight excluding hydrogens is 306 g/mol. The van der Waals surface area contributed by atoms with Crippen LogP contribution in [-0.2, 0) is 6.42 Å². The fourth-order valence-electron chi connectivity index (χ4n) is 1.83. The van der Waals surface area contributed by atoms with Crippen molar-refractivity contribution in [3.63, 3.8) is 0 Å². The number of nitro groups is 1. The Morgan fingerprint density at radius 3 is 2.47 bits per heavy atom. The van der Waals surface area contributed by atoms with E-state index in [1.54, 1.807) is 6.07 Å². The van der Waals surface area contributed by atoms with E-state index in [0.717, 1.165) is 15.6 Å². The van der Waals surface area contributed by atoms with E-state index in [0.29, 0.717) is 12.0 Å². The van der Waals surface area contributed by atoms with Crippen molar-refractivity contribution < 1.29 is 4.92 Å². The maximum Gasteiger partial charge on any atom is 0.277 e. The summed E-state index contributed by atoms with van der Waals surface area (Å²) in [4.78, 5) is 10.8. The molecule has 0 amide bonds. The molecule has 0 aliphatic carbocycles. The van der Waals surface area contributed by atoms with E-state index in [2.05, 4.69) is 21.9 Å². The third-order valence-corrected chi connectivity index (χ3v) is 3.25. The van der Waals surface area contributed by atoms with Crippen molar-refractivity contribution in [1.82, 2.24) is 0 Å². The van der Waals surface area contributed by atoms with Gasteiger partial charge in [-0.25, -0.2) is 0 Å². The molecule has 2 rings (SSSR count). The Labute approximate surface area is 119 Å². The monoisotopic (exact) mass is 315 g/mol. The van der Waals surface area contributed by atoms with E-state index in [4.69, 9.17) is 6.42 Å². The number of rotatable bonds is 3. The van der Waals surface area contributed by atoms with Gasteiger partial charge in [0.2, 0.25) is 0 Å². The van der Waals surface area contributed by atoms with Gasteiger partial charge in [0.25, 0.3) is 5.69 Å². The lowest BCUT2D eigenvalue weighted by molar-refractivity contribution is -0.384. The van der Waals surface area contributed by atoms with Crippen LogP contribution in [0.2, 0.25) is 0 Å². The Bertz CT molecular complexity index is 657. The molecule has 0 N–H and O–H groups in total. The zero-order valence-corrected chi connectivity index (χ0v) is 11.6. The fourth-order valence-corrected chi connectivity index (χ4v) is 2.09. The van der Waals surface area contributed by atoms with Crippen molar-refractivity contribution in [1.29, 1.82) is 0 Å². The molecule has 0 atom stereocenters. The number of terminal acetylenes is 1. The molecule has 0 aliphatic heterocycles. The molecule has 0 spiro atoms. The topological polar surface area (TPSA) is 43.1 Å². The van der Waals surface area contributed by atoms with Crippen molar-refractivity contribution >= 4 is 21.6 Å². The summed E-state index contributed by atoms with van der Waals surface area (Å²) in [5, 5.41) is 11.2. The van der Waals surface area contributed by atoms with Crippen LogP contribution in [0.4, 0.5) is 5.69 Å². The van der Waals surface area contributed by atoms with E-state index in [1.807, 2.05) is 30.3 Å². The highest BCUT2D eigenvalue weighted by Crippen LogP contribution is 2.31. The lowest BCUT2D eigenvalue weighted by Crippen LogP contribution is -1.94. The van der Waals surface area contributed by atoms with Crippen LogP contribution >= 0.6 is 15.9 Å². The molecule has 0 radical (unpaired) electrons. The summed E-state index contributed by atoms with van der Waals surface area (Å²) in [5.41, 5.74) is 2.26. The standard InChI is InChI=1S/C15H10BrNO2/c1-2-3-11-4-9-14(15(10-11)17(18)19)12-5-7-13(16)8-6-12/h1,4-10H,3H2. The highest BCUT2D eigenvalue weighted by molar-refractivity contribution is 9.10. The normalized spacial score (nSPS) is 9.89. The van der Waals surface area contributed by atoms with E-state index in [9.17, 15) is 10.1 Å². The van der Waals surface area contributed by atoms with Gasteiger partial charge in [-0.1, -0.05) is 34.1 Å². The van der Waals surface area contributed by atoms with Crippen molar-refractivity contribution in [2.24, 2.45) is 0 Å². The molecule has 3 nitrogen and oxygen atoms in total. The van der Waals surface area contributed by atoms with E-state index in [1.165, 1.54) is 6.07 Å². The molecular formula is C15H10BrNO2. The first kappa shape index (κ1) is 13.3. The van der Waals surface area contributed by atoms with Crippen molar-refractivity contribution in [3.05, 3.63) is 62.6 Å². The van der Waals surface area contributed by atoms with Crippen LogP contribution in [0.15, 0.2) is 46.9 Å². The predicted molar refractivity (Wildman–Crippen MR) is 78.8 cm³/mol. The second-order valence-electron chi connectivity index (χ2n) is 4.00. The van der Waals surface area contributed by atoms with Gasteiger partial charge >= 0.3 is 0 Å². The number of hydrogen-bond acceptors (Lipinski definition) is 2. The minimum atomic E-state index is -0.378. The second kappa shape index (κ2) is 5.68. The fraction of sp³-hybridized carbons (Fsp3) is 0.0667. The van der Waals surface area contributed by atoms with Gasteiger partial charge in [0.15, 0.2) is 0 Å². The third kappa shape index (κ3) is 3.01. The van der Waals surface area contributed by atoms with Gasteiger partial charge < -0.3 is 0 Å². The second-order valence-corrected chi connectivity index (χ2v) is 4.91. The molecule has 0 aromatic heterocycles. The highest BCUT2D eigenvalue weighted by atomic mass is 79.9. The molecule has 0 bridgehead atoms. The van der Waals surface area contributed by atoms with Crippen molar-refractivity contribution in [3.8, 4) is 23.5 Å². The average Bonchev–Trinajstić information content (AvgIpc) is 2.40. The Morgan fingerprint density at radius 2 is 1.89 bits per heavy atom. The molecule has 0 unspecified atom stereocenters. The number of nitrogens with zero attached hydrogens (tertiary/aromatic N) is 1. The Balaban J connectivity index is 2.54. The molecule has 4 heteroatoms. The number of nitro benzene ring substituents is 1. The van der Waals surface area contributed by atoms with Gasteiger partial charge in [0.1, 0.15) is 0 Å². The smallest absolute Gasteiger partial charge is 0.258 e. The Morgan fingerprint density at radius 1 is 1.21 bits per heavy atom. The van der Waals surface area contributed by atoms with Crippen molar-refractivity contribution in [2.45, 2.75) is 6.42 Å². The minimum Gasteiger partial charge on any atom is -0.258 e. The van der Waals surface area contributed by atoms with Crippen LogP contribution in [0, 0.1) is 22.5 Å². The van der Waals surface area contributed by atoms with Gasteiger partial charge in [0.05, 0.1) is 10.5 Å². The summed E-state index contributed by atoms with van der Waals surface area (Å²) in [7, 11) is 0. The van der Waals surface area contributed by atoms with Crippen LogP contribution in [0.5, 0.6) is 0 Å². The van der Waals surface area contributed by atoms with Crippen LogP contribution in [-0.4, -0.2) is 4.92 Å². The number of benzene rings is 2. The van der Waals surface area contributed by atoms with E-state index >= 15 is 0 Å². The summed E-state index contributed by atoms with van der Waals surface area (Å²) in [6.45, 7) is 0. The molecule has 0 aliphatic rings. The van der Waals surface area contributed by atoms with Crippen LogP contribution in [0.25, 0.3) is 11.1 Å². The summed E-state index contributed by atoms with van der Waals surface area (Å²) in [6.07, 6.45) is 5.62. The lowest BCUT2D eigenvalue weighted by atomic mass is 10.0. The van der Waals surface area contributed by atoms with Crippen LogP contribution in [0.1, 0.15) is 5.56 Å². The maximum absolute atomic E-state index is 11.2. The van der Waals surface area contributed by atoms with Gasteiger partial charge in [-0.15, -0.1) is 12.3 Å². The largest absolute Gasteiger partial charge is 0.277 e. The third-order valence-electron chi connectivity index (χ3n) is 2.72.